The molecule has 1 rings (SSSR count). The van der Waals surface area contributed by atoms with Gasteiger partial charge in [-0.25, -0.2) is 0 Å². The van der Waals surface area contributed by atoms with E-state index < -0.39 is 0 Å². The molecule has 0 saturated heterocycles. The third-order valence-electron chi connectivity index (χ3n) is 2.87. The summed E-state index contributed by atoms with van der Waals surface area (Å²) in [5, 5.41) is 2.86. The molecule has 0 atom stereocenters. The third-order valence-corrected chi connectivity index (χ3v) is 3.18. The second-order valence-electron chi connectivity index (χ2n) is 5.95. The first kappa shape index (κ1) is 17.5. The molecule has 0 spiro atoms. The van der Waals surface area contributed by atoms with E-state index in [-0.39, 0.29) is 23.9 Å². The Balaban J connectivity index is 2.74. The van der Waals surface area contributed by atoms with Crippen LogP contribution in [0.3, 0.4) is 0 Å². The topological polar surface area (TPSA) is 49.4 Å². The fourth-order valence-electron chi connectivity index (χ4n) is 1.88. The SMILES string of the molecule is CCN(CC(=O)NC(C)(C)C)C(=O)c1ccc(CCl)cc1. The molecule has 0 saturated carbocycles. The van der Waals surface area contributed by atoms with Gasteiger partial charge in [-0.2, -0.15) is 0 Å². The minimum Gasteiger partial charge on any atom is -0.350 e. The highest BCUT2D eigenvalue weighted by Crippen LogP contribution is 2.10. The lowest BCUT2D eigenvalue weighted by Gasteiger charge is -2.25. The molecule has 0 aliphatic rings. The summed E-state index contributed by atoms with van der Waals surface area (Å²) in [7, 11) is 0. The van der Waals surface area contributed by atoms with Crippen LogP contribution in [0, 0.1) is 0 Å². The summed E-state index contributed by atoms with van der Waals surface area (Å²) in [5.74, 6) is 0.109. The summed E-state index contributed by atoms with van der Waals surface area (Å²) in [4.78, 5) is 25.9. The number of carbonyl (C=O) groups excluding carboxylic acids is 2. The molecule has 0 radical (unpaired) electrons. The van der Waals surface area contributed by atoms with Crippen LogP contribution in [0.5, 0.6) is 0 Å². The Hall–Kier alpha value is -1.55. The largest absolute Gasteiger partial charge is 0.350 e. The number of carbonyl (C=O) groups is 2. The van der Waals surface area contributed by atoms with E-state index in [1.54, 1.807) is 12.1 Å². The van der Waals surface area contributed by atoms with E-state index in [1.807, 2.05) is 39.8 Å². The van der Waals surface area contributed by atoms with Crippen LogP contribution in [0.4, 0.5) is 0 Å². The van der Waals surface area contributed by atoms with Gasteiger partial charge >= 0.3 is 0 Å². The molecule has 0 aliphatic heterocycles. The van der Waals surface area contributed by atoms with Crippen LogP contribution in [-0.2, 0) is 10.7 Å². The zero-order chi connectivity index (χ0) is 16.0. The Morgan fingerprint density at radius 3 is 2.19 bits per heavy atom. The average Bonchev–Trinajstić information content (AvgIpc) is 2.42. The molecule has 116 valence electrons. The van der Waals surface area contributed by atoms with Gasteiger partial charge in [-0.15, -0.1) is 11.6 Å². The number of hydrogen-bond acceptors (Lipinski definition) is 2. The molecule has 0 aromatic heterocycles. The molecule has 0 aliphatic carbocycles. The summed E-state index contributed by atoms with van der Waals surface area (Å²) < 4.78 is 0. The lowest BCUT2D eigenvalue weighted by molar-refractivity contribution is -0.123. The first-order valence-corrected chi connectivity index (χ1v) is 7.55. The molecular weight excluding hydrogens is 288 g/mol. The molecule has 0 unspecified atom stereocenters. The normalized spacial score (nSPS) is 11.1. The van der Waals surface area contributed by atoms with E-state index in [0.29, 0.717) is 18.0 Å². The van der Waals surface area contributed by atoms with Crippen LogP contribution in [-0.4, -0.2) is 35.3 Å². The minimum atomic E-state index is -0.304. The molecule has 2 amide bonds. The number of nitrogens with one attached hydrogen (secondary N) is 1. The molecule has 1 aromatic rings. The Kier molecular flexibility index (Phi) is 6.21. The zero-order valence-corrected chi connectivity index (χ0v) is 13.8. The number of rotatable bonds is 5. The molecule has 1 N–H and O–H groups in total. The van der Waals surface area contributed by atoms with Crippen LogP contribution in [0.15, 0.2) is 24.3 Å². The number of amides is 2. The summed E-state index contributed by atoms with van der Waals surface area (Å²) in [6.45, 7) is 8.13. The van der Waals surface area contributed by atoms with Crippen molar-refractivity contribution in [3.63, 3.8) is 0 Å². The molecule has 5 heteroatoms. The molecule has 4 nitrogen and oxygen atoms in total. The molecule has 0 heterocycles. The number of halogens is 1. The third kappa shape index (κ3) is 5.76. The van der Waals surface area contributed by atoms with Crippen molar-refractivity contribution in [2.75, 3.05) is 13.1 Å². The highest BCUT2D eigenvalue weighted by molar-refractivity contribution is 6.17. The van der Waals surface area contributed by atoms with Crippen molar-refractivity contribution >= 4 is 23.4 Å². The molecular formula is C16H23ClN2O2. The highest BCUT2D eigenvalue weighted by atomic mass is 35.5. The highest BCUT2D eigenvalue weighted by Gasteiger charge is 2.20. The fraction of sp³-hybridized carbons (Fsp3) is 0.500. The van der Waals surface area contributed by atoms with Gasteiger partial charge in [0.1, 0.15) is 0 Å². The van der Waals surface area contributed by atoms with Crippen LogP contribution in [0.2, 0.25) is 0 Å². The maximum absolute atomic E-state index is 12.4. The zero-order valence-electron chi connectivity index (χ0n) is 13.1. The van der Waals surface area contributed by atoms with Crippen molar-refractivity contribution in [2.45, 2.75) is 39.1 Å². The summed E-state index contributed by atoms with van der Waals surface area (Å²) in [6.07, 6.45) is 0. The first-order chi connectivity index (χ1) is 9.76. The lowest BCUT2D eigenvalue weighted by Crippen LogP contribution is -2.47. The standard InChI is InChI=1S/C16H23ClN2O2/c1-5-19(11-14(20)18-16(2,3)4)15(21)13-8-6-12(10-17)7-9-13/h6-9H,5,10-11H2,1-4H3,(H,18,20). The summed E-state index contributed by atoms with van der Waals surface area (Å²) in [6, 6.07) is 7.13. The van der Waals surface area contributed by atoms with Gasteiger partial charge in [0.25, 0.3) is 5.91 Å². The summed E-state index contributed by atoms with van der Waals surface area (Å²) >= 11 is 5.73. The van der Waals surface area contributed by atoms with Crippen LogP contribution < -0.4 is 5.32 Å². The van der Waals surface area contributed by atoms with Gasteiger partial charge in [0, 0.05) is 23.5 Å². The van der Waals surface area contributed by atoms with Crippen molar-refractivity contribution in [2.24, 2.45) is 0 Å². The van der Waals surface area contributed by atoms with E-state index in [0.717, 1.165) is 5.56 Å². The van der Waals surface area contributed by atoms with Crippen molar-refractivity contribution in [3.8, 4) is 0 Å². The lowest BCUT2D eigenvalue weighted by atomic mass is 10.1. The van der Waals surface area contributed by atoms with E-state index in [1.165, 1.54) is 4.90 Å². The van der Waals surface area contributed by atoms with E-state index in [2.05, 4.69) is 5.32 Å². The average molecular weight is 311 g/mol. The smallest absolute Gasteiger partial charge is 0.254 e. The predicted molar refractivity (Wildman–Crippen MR) is 85.5 cm³/mol. The summed E-state index contributed by atoms with van der Waals surface area (Å²) in [5.41, 5.74) is 1.22. The number of hydrogen-bond donors (Lipinski definition) is 1. The molecule has 0 bridgehead atoms. The van der Waals surface area contributed by atoms with Crippen LogP contribution in [0.1, 0.15) is 43.6 Å². The van der Waals surface area contributed by atoms with Crippen molar-refractivity contribution in [1.82, 2.24) is 10.2 Å². The van der Waals surface area contributed by atoms with Crippen molar-refractivity contribution < 1.29 is 9.59 Å². The van der Waals surface area contributed by atoms with E-state index in [4.69, 9.17) is 11.6 Å². The predicted octanol–water partition coefficient (Wildman–Crippen LogP) is 2.80. The molecule has 21 heavy (non-hydrogen) atoms. The minimum absolute atomic E-state index is 0.0594. The van der Waals surface area contributed by atoms with E-state index >= 15 is 0 Å². The van der Waals surface area contributed by atoms with Gasteiger partial charge in [0.15, 0.2) is 0 Å². The van der Waals surface area contributed by atoms with Gasteiger partial charge in [0.05, 0.1) is 6.54 Å². The molecule has 0 fully saturated rings. The van der Waals surface area contributed by atoms with Crippen molar-refractivity contribution in [3.05, 3.63) is 35.4 Å². The Bertz CT molecular complexity index is 492. The number of alkyl halides is 1. The Morgan fingerprint density at radius 2 is 1.76 bits per heavy atom. The Labute approximate surface area is 131 Å². The van der Waals surface area contributed by atoms with Gasteiger partial charge in [0.2, 0.25) is 5.91 Å². The molecule has 1 aromatic carbocycles. The second kappa shape index (κ2) is 7.46. The maximum atomic E-state index is 12.4. The Morgan fingerprint density at radius 1 is 1.19 bits per heavy atom. The number of likely N-dealkylation sites (N-methyl/N-ethyl adjacent to an activating group) is 1. The second-order valence-corrected chi connectivity index (χ2v) is 6.22. The number of nitrogens with zero attached hydrogens (tertiary/aromatic N) is 1. The fourth-order valence-corrected chi connectivity index (χ4v) is 2.06. The monoisotopic (exact) mass is 310 g/mol. The van der Waals surface area contributed by atoms with Crippen LogP contribution >= 0.6 is 11.6 Å². The quantitative estimate of drug-likeness (QED) is 0.850. The first-order valence-electron chi connectivity index (χ1n) is 7.02. The maximum Gasteiger partial charge on any atom is 0.254 e. The van der Waals surface area contributed by atoms with Gasteiger partial charge < -0.3 is 10.2 Å². The van der Waals surface area contributed by atoms with Crippen molar-refractivity contribution in [1.29, 1.82) is 0 Å². The van der Waals surface area contributed by atoms with E-state index in [9.17, 15) is 9.59 Å². The number of benzene rings is 1. The van der Waals surface area contributed by atoms with Gasteiger partial charge in [-0.05, 0) is 45.4 Å². The van der Waals surface area contributed by atoms with Crippen LogP contribution in [0.25, 0.3) is 0 Å². The van der Waals surface area contributed by atoms with Gasteiger partial charge in [-0.3, -0.25) is 9.59 Å². The van der Waals surface area contributed by atoms with Gasteiger partial charge in [-0.1, -0.05) is 12.1 Å².